The molecule has 1 aliphatic carbocycles. The second kappa shape index (κ2) is 6.55. The summed E-state index contributed by atoms with van der Waals surface area (Å²) >= 11 is 0. The molecule has 0 spiro atoms. The first-order chi connectivity index (χ1) is 8.66. The minimum atomic E-state index is 0.341. The third kappa shape index (κ3) is 3.71. The molecule has 1 saturated carbocycles. The minimum Gasteiger partial charge on any atom is -0.343 e. The molecule has 0 radical (unpaired) electrons. The smallest absolute Gasteiger partial charge is 0.224 e. The molecule has 104 valence electrons. The molecule has 3 unspecified atom stereocenters. The van der Waals surface area contributed by atoms with Gasteiger partial charge in [-0.05, 0) is 38.1 Å². The Morgan fingerprint density at radius 1 is 1.22 bits per heavy atom. The molecule has 3 atom stereocenters. The van der Waals surface area contributed by atoms with Gasteiger partial charge in [0, 0.05) is 25.6 Å². The van der Waals surface area contributed by atoms with Gasteiger partial charge in [0.2, 0.25) is 5.91 Å². The Bertz CT molecular complexity index is 274. The van der Waals surface area contributed by atoms with Gasteiger partial charge in [0.05, 0.1) is 0 Å². The van der Waals surface area contributed by atoms with Crippen LogP contribution in [-0.2, 0) is 4.79 Å². The summed E-state index contributed by atoms with van der Waals surface area (Å²) in [6, 6.07) is 0.916. The lowest BCUT2D eigenvalue weighted by atomic mass is 9.86. The highest BCUT2D eigenvalue weighted by atomic mass is 16.2. The Balaban J connectivity index is 1.79. The Kier molecular flexibility index (Phi) is 5.04. The van der Waals surface area contributed by atoms with Gasteiger partial charge in [0.1, 0.15) is 0 Å². The molecule has 1 N–H and O–H groups in total. The van der Waals surface area contributed by atoms with Gasteiger partial charge in [-0.25, -0.2) is 0 Å². The zero-order chi connectivity index (χ0) is 13.0. The monoisotopic (exact) mass is 252 g/mol. The van der Waals surface area contributed by atoms with Crippen LogP contribution in [-0.4, -0.2) is 36.5 Å². The van der Waals surface area contributed by atoms with Crippen molar-refractivity contribution in [1.82, 2.24) is 10.2 Å². The lowest BCUT2D eigenvalue weighted by Crippen LogP contribution is -2.44. The van der Waals surface area contributed by atoms with Crippen LogP contribution < -0.4 is 5.32 Å². The van der Waals surface area contributed by atoms with Crippen LogP contribution in [0.4, 0.5) is 0 Å². The number of hydrogen-bond donors (Lipinski definition) is 1. The summed E-state index contributed by atoms with van der Waals surface area (Å²) in [4.78, 5) is 14.3. The lowest BCUT2D eigenvalue weighted by Gasteiger charge is -2.35. The maximum Gasteiger partial charge on any atom is 0.224 e. The molecule has 0 aromatic rings. The molecule has 0 bridgehead atoms. The molecular formula is C15H28N2O. The van der Waals surface area contributed by atoms with Crippen molar-refractivity contribution < 1.29 is 4.79 Å². The van der Waals surface area contributed by atoms with Gasteiger partial charge >= 0.3 is 0 Å². The molecule has 1 aliphatic heterocycles. The van der Waals surface area contributed by atoms with Crippen LogP contribution in [0.25, 0.3) is 0 Å². The summed E-state index contributed by atoms with van der Waals surface area (Å²) in [5, 5.41) is 3.47. The molecule has 1 heterocycles. The molecule has 3 heteroatoms. The van der Waals surface area contributed by atoms with Gasteiger partial charge in [-0.2, -0.15) is 0 Å². The molecule has 1 amide bonds. The number of nitrogens with zero attached hydrogens (tertiary/aromatic N) is 1. The van der Waals surface area contributed by atoms with Gasteiger partial charge in [-0.15, -0.1) is 0 Å². The third-order valence-electron chi connectivity index (χ3n) is 4.68. The highest BCUT2D eigenvalue weighted by Gasteiger charge is 2.27. The van der Waals surface area contributed by atoms with Gasteiger partial charge in [0.15, 0.2) is 0 Å². The van der Waals surface area contributed by atoms with Gasteiger partial charge < -0.3 is 10.2 Å². The minimum absolute atomic E-state index is 0.341. The van der Waals surface area contributed by atoms with Crippen LogP contribution in [0.3, 0.4) is 0 Å². The van der Waals surface area contributed by atoms with Crippen molar-refractivity contribution >= 4 is 5.91 Å². The van der Waals surface area contributed by atoms with Crippen LogP contribution in [0.2, 0.25) is 0 Å². The van der Waals surface area contributed by atoms with Crippen LogP contribution in [0.1, 0.15) is 58.3 Å². The number of carbonyl (C=O) groups excluding carboxylic acids is 1. The fourth-order valence-corrected chi connectivity index (χ4v) is 3.41. The average molecular weight is 252 g/mol. The number of hydrogen-bond acceptors (Lipinski definition) is 2. The number of rotatable bonds is 3. The predicted octanol–water partition coefficient (Wildman–Crippen LogP) is 2.56. The summed E-state index contributed by atoms with van der Waals surface area (Å²) in [5.74, 6) is 1.13. The molecule has 2 fully saturated rings. The quantitative estimate of drug-likeness (QED) is 0.837. The Morgan fingerprint density at radius 2 is 2.06 bits per heavy atom. The van der Waals surface area contributed by atoms with Crippen molar-refractivity contribution in [2.45, 2.75) is 70.4 Å². The predicted molar refractivity (Wildman–Crippen MR) is 74.4 cm³/mol. The van der Waals surface area contributed by atoms with Gasteiger partial charge in [0.25, 0.3) is 0 Å². The maximum atomic E-state index is 12.3. The molecule has 2 rings (SSSR count). The van der Waals surface area contributed by atoms with Crippen molar-refractivity contribution in [3.63, 3.8) is 0 Å². The number of amides is 1. The third-order valence-corrected chi connectivity index (χ3v) is 4.68. The van der Waals surface area contributed by atoms with Crippen molar-refractivity contribution in [2.24, 2.45) is 5.92 Å². The molecule has 1 saturated heterocycles. The first-order valence-electron chi connectivity index (χ1n) is 7.66. The van der Waals surface area contributed by atoms with E-state index in [-0.39, 0.29) is 0 Å². The fraction of sp³-hybridized carbons (Fsp3) is 0.933. The maximum absolute atomic E-state index is 12.3. The second-order valence-electron chi connectivity index (χ2n) is 6.28. The molecular weight excluding hydrogens is 224 g/mol. The zero-order valence-corrected chi connectivity index (χ0v) is 12.0. The molecule has 3 nitrogen and oxygen atoms in total. The first-order valence-corrected chi connectivity index (χ1v) is 7.66. The number of piperidine rings is 1. The van der Waals surface area contributed by atoms with E-state index in [1.807, 2.05) is 11.9 Å². The van der Waals surface area contributed by atoms with E-state index >= 15 is 0 Å². The molecule has 2 aliphatic rings. The van der Waals surface area contributed by atoms with Crippen molar-refractivity contribution in [2.75, 3.05) is 13.6 Å². The standard InChI is InChI=1S/C15H28N2O/c1-12-6-5-8-14(10-12)17(2)15(18)11-13-7-3-4-9-16-13/h12-14,16H,3-11H2,1-2H3. The first kappa shape index (κ1) is 13.9. The number of carbonyl (C=O) groups is 1. The molecule has 0 aromatic heterocycles. The van der Waals surface area contributed by atoms with E-state index in [4.69, 9.17) is 0 Å². The largest absolute Gasteiger partial charge is 0.343 e. The topological polar surface area (TPSA) is 32.3 Å². The van der Waals surface area contributed by atoms with Gasteiger partial charge in [-0.1, -0.05) is 26.2 Å². The van der Waals surface area contributed by atoms with Crippen LogP contribution in [0.5, 0.6) is 0 Å². The Hall–Kier alpha value is -0.570. The van der Waals surface area contributed by atoms with E-state index in [0.717, 1.165) is 12.5 Å². The SMILES string of the molecule is CC1CCCC(N(C)C(=O)CC2CCCCN2)C1. The number of nitrogens with one attached hydrogen (secondary N) is 1. The van der Waals surface area contributed by atoms with E-state index in [0.29, 0.717) is 24.4 Å². The van der Waals surface area contributed by atoms with Crippen molar-refractivity contribution in [3.05, 3.63) is 0 Å². The summed E-state index contributed by atoms with van der Waals surface area (Å²) in [6.07, 6.45) is 9.41. The van der Waals surface area contributed by atoms with Crippen molar-refractivity contribution in [3.8, 4) is 0 Å². The average Bonchev–Trinajstić information content (AvgIpc) is 2.39. The van der Waals surface area contributed by atoms with Crippen LogP contribution >= 0.6 is 0 Å². The summed E-state index contributed by atoms with van der Waals surface area (Å²) < 4.78 is 0. The Morgan fingerprint density at radius 3 is 2.72 bits per heavy atom. The lowest BCUT2D eigenvalue weighted by molar-refractivity contribution is -0.133. The normalized spacial score (nSPS) is 33.1. The van der Waals surface area contributed by atoms with E-state index in [1.165, 1.54) is 44.9 Å². The fourth-order valence-electron chi connectivity index (χ4n) is 3.41. The summed E-state index contributed by atoms with van der Waals surface area (Å²) in [7, 11) is 2.01. The van der Waals surface area contributed by atoms with Crippen LogP contribution in [0.15, 0.2) is 0 Å². The van der Waals surface area contributed by atoms with Crippen LogP contribution in [0, 0.1) is 5.92 Å². The van der Waals surface area contributed by atoms with E-state index < -0.39 is 0 Å². The molecule has 18 heavy (non-hydrogen) atoms. The van der Waals surface area contributed by atoms with Crippen molar-refractivity contribution in [1.29, 1.82) is 0 Å². The van der Waals surface area contributed by atoms with Gasteiger partial charge in [-0.3, -0.25) is 4.79 Å². The van der Waals surface area contributed by atoms with E-state index in [1.54, 1.807) is 0 Å². The highest BCUT2D eigenvalue weighted by molar-refractivity contribution is 5.76. The second-order valence-corrected chi connectivity index (χ2v) is 6.28. The zero-order valence-electron chi connectivity index (χ0n) is 12.0. The summed E-state index contributed by atoms with van der Waals surface area (Å²) in [5.41, 5.74) is 0. The molecule has 0 aromatic carbocycles. The highest BCUT2D eigenvalue weighted by Crippen LogP contribution is 2.27. The van der Waals surface area contributed by atoms with E-state index in [9.17, 15) is 4.79 Å². The summed E-state index contributed by atoms with van der Waals surface area (Å²) in [6.45, 7) is 3.40. The van der Waals surface area contributed by atoms with E-state index in [2.05, 4.69) is 12.2 Å². The Labute approximate surface area is 111 Å².